The van der Waals surface area contributed by atoms with Gasteiger partial charge in [0.15, 0.2) is 0 Å². The molecule has 3 heteroatoms. The van der Waals surface area contributed by atoms with Crippen LogP contribution in [0.15, 0.2) is 0 Å². The van der Waals surface area contributed by atoms with E-state index in [1.807, 2.05) is 11.3 Å². The quantitative estimate of drug-likeness (QED) is 0.864. The van der Waals surface area contributed by atoms with Gasteiger partial charge in [-0.05, 0) is 32.2 Å². The van der Waals surface area contributed by atoms with Crippen LogP contribution in [0.25, 0.3) is 0 Å². The molecule has 0 bridgehead atoms. The first kappa shape index (κ1) is 13.7. The fourth-order valence-corrected chi connectivity index (χ4v) is 3.14. The summed E-state index contributed by atoms with van der Waals surface area (Å²) in [7, 11) is 0. The van der Waals surface area contributed by atoms with Gasteiger partial charge in [-0.3, -0.25) is 0 Å². The Bertz CT molecular complexity index is 336. The van der Waals surface area contributed by atoms with Gasteiger partial charge >= 0.3 is 0 Å². The molecule has 0 aliphatic rings. The summed E-state index contributed by atoms with van der Waals surface area (Å²) < 4.78 is 0. The van der Waals surface area contributed by atoms with E-state index in [9.17, 15) is 0 Å². The zero-order chi connectivity index (χ0) is 12.3. The van der Waals surface area contributed by atoms with E-state index in [2.05, 4.69) is 51.8 Å². The standard InChI is InChI=1S/C13H24N2S/c1-7-8-14-12(13(4,5)6)11-9(2)15-10(3)16-11/h12,14H,7-8H2,1-6H3. The first-order chi connectivity index (χ1) is 7.36. The number of aryl methyl sites for hydroxylation is 2. The highest BCUT2D eigenvalue weighted by Gasteiger charge is 2.28. The summed E-state index contributed by atoms with van der Waals surface area (Å²) in [6.45, 7) is 14.3. The van der Waals surface area contributed by atoms with Crippen LogP contribution in [-0.4, -0.2) is 11.5 Å². The SMILES string of the molecule is CCCNC(c1sc(C)nc1C)C(C)(C)C. The number of nitrogens with zero attached hydrogens (tertiary/aromatic N) is 1. The molecule has 1 rings (SSSR count). The van der Waals surface area contributed by atoms with Crippen LogP contribution in [0.1, 0.15) is 55.7 Å². The average molecular weight is 240 g/mol. The summed E-state index contributed by atoms with van der Waals surface area (Å²) in [4.78, 5) is 5.93. The Balaban J connectivity index is 2.96. The Labute approximate surface area is 103 Å². The third kappa shape index (κ3) is 3.29. The lowest BCUT2D eigenvalue weighted by molar-refractivity contribution is 0.276. The predicted octanol–water partition coefficient (Wildman–Crippen LogP) is 3.85. The van der Waals surface area contributed by atoms with Gasteiger partial charge in [0.1, 0.15) is 0 Å². The molecule has 92 valence electrons. The molecular formula is C13H24N2S. The van der Waals surface area contributed by atoms with Crippen molar-refractivity contribution in [1.29, 1.82) is 0 Å². The van der Waals surface area contributed by atoms with Crippen LogP contribution >= 0.6 is 11.3 Å². The number of hydrogen-bond donors (Lipinski definition) is 1. The first-order valence-electron chi connectivity index (χ1n) is 6.03. The van der Waals surface area contributed by atoms with Gasteiger partial charge in [-0.15, -0.1) is 11.3 Å². The summed E-state index contributed by atoms with van der Waals surface area (Å²) in [5, 5.41) is 4.82. The lowest BCUT2D eigenvalue weighted by Gasteiger charge is -2.31. The molecule has 2 nitrogen and oxygen atoms in total. The van der Waals surface area contributed by atoms with Crippen molar-refractivity contribution in [3.63, 3.8) is 0 Å². The Morgan fingerprint density at radius 1 is 1.31 bits per heavy atom. The van der Waals surface area contributed by atoms with Gasteiger partial charge in [-0.1, -0.05) is 27.7 Å². The van der Waals surface area contributed by atoms with Crippen molar-refractivity contribution in [3.8, 4) is 0 Å². The monoisotopic (exact) mass is 240 g/mol. The summed E-state index contributed by atoms with van der Waals surface area (Å²) in [5.74, 6) is 0. The zero-order valence-electron chi connectivity index (χ0n) is 11.3. The van der Waals surface area contributed by atoms with Gasteiger partial charge in [0.25, 0.3) is 0 Å². The van der Waals surface area contributed by atoms with E-state index in [4.69, 9.17) is 0 Å². The number of rotatable bonds is 4. The summed E-state index contributed by atoms with van der Waals surface area (Å²) in [6.07, 6.45) is 1.17. The maximum absolute atomic E-state index is 4.53. The van der Waals surface area contributed by atoms with Crippen molar-refractivity contribution in [2.45, 2.75) is 54.0 Å². The van der Waals surface area contributed by atoms with Crippen molar-refractivity contribution in [1.82, 2.24) is 10.3 Å². The van der Waals surface area contributed by atoms with Crippen LogP contribution in [0.4, 0.5) is 0 Å². The lowest BCUT2D eigenvalue weighted by atomic mass is 9.85. The van der Waals surface area contributed by atoms with Gasteiger partial charge < -0.3 is 5.32 Å². The van der Waals surface area contributed by atoms with Crippen molar-refractivity contribution >= 4 is 11.3 Å². The molecule has 1 atom stereocenters. The first-order valence-corrected chi connectivity index (χ1v) is 6.85. The maximum Gasteiger partial charge on any atom is 0.0900 e. The van der Waals surface area contributed by atoms with E-state index in [1.54, 1.807) is 0 Å². The summed E-state index contributed by atoms with van der Waals surface area (Å²) >= 11 is 1.83. The van der Waals surface area contributed by atoms with E-state index in [-0.39, 0.29) is 5.41 Å². The van der Waals surface area contributed by atoms with Crippen LogP contribution in [0.3, 0.4) is 0 Å². The third-order valence-corrected chi connectivity index (χ3v) is 3.80. The van der Waals surface area contributed by atoms with Gasteiger partial charge in [0.2, 0.25) is 0 Å². The fourth-order valence-electron chi connectivity index (χ4n) is 1.90. The molecule has 1 N–H and O–H groups in total. The minimum atomic E-state index is 0.235. The maximum atomic E-state index is 4.53. The topological polar surface area (TPSA) is 24.9 Å². The molecule has 0 saturated heterocycles. The van der Waals surface area contributed by atoms with Crippen molar-refractivity contribution in [3.05, 3.63) is 15.6 Å². The van der Waals surface area contributed by atoms with Crippen molar-refractivity contribution in [2.75, 3.05) is 6.54 Å². The molecule has 0 spiro atoms. The molecule has 0 aromatic carbocycles. The van der Waals surface area contributed by atoms with Crippen LogP contribution in [0.2, 0.25) is 0 Å². The minimum absolute atomic E-state index is 0.235. The largest absolute Gasteiger partial charge is 0.309 e. The highest BCUT2D eigenvalue weighted by atomic mass is 32.1. The van der Waals surface area contributed by atoms with E-state index >= 15 is 0 Å². The number of aromatic nitrogens is 1. The van der Waals surface area contributed by atoms with E-state index in [0.29, 0.717) is 6.04 Å². The average Bonchev–Trinajstić information content (AvgIpc) is 2.44. The molecule has 1 unspecified atom stereocenters. The number of thiazole rings is 1. The number of hydrogen-bond acceptors (Lipinski definition) is 3. The molecule has 0 fully saturated rings. The molecule has 1 heterocycles. The predicted molar refractivity (Wildman–Crippen MR) is 72.1 cm³/mol. The molecular weight excluding hydrogens is 216 g/mol. The van der Waals surface area contributed by atoms with Gasteiger partial charge in [-0.25, -0.2) is 4.98 Å². The molecule has 0 aliphatic heterocycles. The molecule has 0 saturated carbocycles. The Kier molecular flexibility index (Phi) is 4.51. The van der Waals surface area contributed by atoms with Crippen molar-refractivity contribution < 1.29 is 0 Å². The van der Waals surface area contributed by atoms with Crippen LogP contribution in [0, 0.1) is 19.3 Å². The highest BCUT2D eigenvalue weighted by molar-refractivity contribution is 7.11. The normalized spacial score (nSPS) is 14.1. The van der Waals surface area contributed by atoms with Gasteiger partial charge in [0.05, 0.1) is 10.7 Å². The second kappa shape index (κ2) is 5.28. The number of nitrogens with one attached hydrogen (secondary N) is 1. The van der Waals surface area contributed by atoms with Crippen LogP contribution in [-0.2, 0) is 0 Å². The van der Waals surface area contributed by atoms with Crippen molar-refractivity contribution in [2.24, 2.45) is 5.41 Å². The smallest absolute Gasteiger partial charge is 0.0900 e. The van der Waals surface area contributed by atoms with E-state index in [0.717, 1.165) is 6.54 Å². The summed E-state index contributed by atoms with van der Waals surface area (Å²) in [6, 6.07) is 0.415. The Morgan fingerprint density at radius 3 is 2.31 bits per heavy atom. The zero-order valence-corrected chi connectivity index (χ0v) is 12.2. The van der Waals surface area contributed by atoms with E-state index in [1.165, 1.54) is 22.0 Å². The molecule has 1 aromatic heterocycles. The fraction of sp³-hybridized carbons (Fsp3) is 0.769. The Hall–Kier alpha value is -0.410. The van der Waals surface area contributed by atoms with Gasteiger partial charge in [-0.2, -0.15) is 0 Å². The van der Waals surface area contributed by atoms with E-state index < -0.39 is 0 Å². The lowest BCUT2D eigenvalue weighted by Crippen LogP contribution is -2.32. The molecule has 16 heavy (non-hydrogen) atoms. The second-order valence-electron chi connectivity index (χ2n) is 5.44. The molecule has 0 amide bonds. The second-order valence-corrected chi connectivity index (χ2v) is 6.67. The van der Waals surface area contributed by atoms with Crippen LogP contribution in [0.5, 0.6) is 0 Å². The van der Waals surface area contributed by atoms with Crippen LogP contribution < -0.4 is 5.32 Å². The molecule has 0 radical (unpaired) electrons. The molecule has 0 aliphatic carbocycles. The molecule has 1 aromatic rings. The minimum Gasteiger partial charge on any atom is -0.309 e. The Morgan fingerprint density at radius 2 is 1.94 bits per heavy atom. The third-order valence-electron chi connectivity index (χ3n) is 2.67. The highest BCUT2D eigenvalue weighted by Crippen LogP contribution is 2.37. The van der Waals surface area contributed by atoms with Gasteiger partial charge in [0, 0.05) is 10.9 Å². The summed E-state index contributed by atoms with van der Waals surface area (Å²) in [5.41, 5.74) is 1.42.